The Morgan fingerprint density at radius 3 is 2.57 bits per heavy atom. The lowest BCUT2D eigenvalue weighted by molar-refractivity contribution is 0.111. The highest BCUT2D eigenvalue weighted by Crippen LogP contribution is 2.17. The Labute approximate surface area is 142 Å². The van der Waals surface area contributed by atoms with Crippen molar-refractivity contribution in [3.05, 3.63) is 48.3 Å². The summed E-state index contributed by atoms with van der Waals surface area (Å²) in [7, 11) is 1.62. The topological polar surface area (TPSA) is 45.7 Å². The second-order valence-electron chi connectivity index (χ2n) is 4.17. The minimum Gasteiger partial charge on any atom is -0.375 e. The average molecular weight is 407 g/mol. The van der Waals surface area contributed by atoms with E-state index >= 15 is 0 Å². The van der Waals surface area contributed by atoms with Gasteiger partial charge in [-0.15, -0.1) is 30.6 Å². The number of guanidine groups is 1. The van der Waals surface area contributed by atoms with Gasteiger partial charge in [-0.25, -0.2) is 4.39 Å². The highest BCUT2D eigenvalue weighted by molar-refractivity contribution is 14.0. The molecule has 0 saturated carbocycles. The molecule has 6 heteroatoms. The minimum absolute atomic E-state index is 0. The molecule has 0 radical (unpaired) electrons. The van der Waals surface area contributed by atoms with Gasteiger partial charge in [0, 0.05) is 20.2 Å². The van der Waals surface area contributed by atoms with Gasteiger partial charge in [-0.3, -0.25) is 4.99 Å². The van der Waals surface area contributed by atoms with Crippen LogP contribution in [0.2, 0.25) is 0 Å². The molecule has 0 aliphatic heterocycles. The first kappa shape index (κ1) is 19.9. The van der Waals surface area contributed by atoms with Gasteiger partial charge in [0.2, 0.25) is 0 Å². The first-order valence-corrected chi connectivity index (χ1v) is 6.62. The average Bonchev–Trinajstić information content (AvgIpc) is 2.47. The number of halogens is 2. The van der Waals surface area contributed by atoms with Gasteiger partial charge in [0.25, 0.3) is 0 Å². The molecule has 1 aromatic carbocycles. The Morgan fingerprint density at radius 2 is 2.05 bits per heavy atom. The highest BCUT2D eigenvalue weighted by atomic mass is 127. The molecule has 0 amide bonds. The second-order valence-corrected chi connectivity index (χ2v) is 4.17. The van der Waals surface area contributed by atoms with Crippen molar-refractivity contribution in [2.24, 2.45) is 4.99 Å². The van der Waals surface area contributed by atoms with Crippen molar-refractivity contribution < 1.29 is 9.13 Å². The molecule has 0 saturated heterocycles. The van der Waals surface area contributed by atoms with E-state index in [2.05, 4.69) is 22.2 Å². The fourth-order valence-corrected chi connectivity index (χ4v) is 1.68. The fraction of sp³-hybridized carbons (Fsp3) is 0.400. The smallest absolute Gasteiger partial charge is 0.191 e. The number of nitrogens with zero attached hydrogens (tertiary/aromatic N) is 1. The SMILES string of the molecule is C=CCNC(=NCC(OC)c1ccc(F)cc1)NCC.I. The Kier molecular flexibility index (Phi) is 10.9. The predicted molar refractivity (Wildman–Crippen MR) is 95.7 cm³/mol. The molecule has 1 rings (SSSR count). The molecular weight excluding hydrogens is 384 g/mol. The van der Waals surface area contributed by atoms with Gasteiger partial charge >= 0.3 is 0 Å². The number of methoxy groups -OCH3 is 1. The number of ether oxygens (including phenoxy) is 1. The van der Waals surface area contributed by atoms with Gasteiger partial charge in [0.1, 0.15) is 11.9 Å². The third-order valence-corrected chi connectivity index (χ3v) is 2.70. The van der Waals surface area contributed by atoms with Crippen LogP contribution in [0.3, 0.4) is 0 Å². The first-order valence-electron chi connectivity index (χ1n) is 6.62. The van der Waals surface area contributed by atoms with Gasteiger partial charge in [0.15, 0.2) is 5.96 Å². The Morgan fingerprint density at radius 1 is 1.38 bits per heavy atom. The van der Waals surface area contributed by atoms with Crippen LogP contribution in [0.1, 0.15) is 18.6 Å². The maximum atomic E-state index is 12.9. The molecule has 4 nitrogen and oxygen atoms in total. The van der Waals surface area contributed by atoms with Crippen molar-refractivity contribution >= 4 is 29.9 Å². The Balaban J connectivity index is 0.00000400. The van der Waals surface area contributed by atoms with Crippen LogP contribution in [0.15, 0.2) is 41.9 Å². The van der Waals surface area contributed by atoms with Crippen molar-refractivity contribution in [3.63, 3.8) is 0 Å². The van der Waals surface area contributed by atoms with E-state index < -0.39 is 0 Å². The summed E-state index contributed by atoms with van der Waals surface area (Å²) in [6.07, 6.45) is 1.57. The van der Waals surface area contributed by atoms with Crippen molar-refractivity contribution in [1.29, 1.82) is 0 Å². The van der Waals surface area contributed by atoms with Crippen LogP contribution in [0.5, 0.6) is 0 Å². The Hall–Kier alpha value is -1.15. The molecular formula is C15H23FIN3O. The number of aliphatic imine (C=N–C) groups is 1. The number of hydrogen-bond acceptors (Lipinski definition) is 2. The highest BCUT2D eigenvalue weighted by Gasteiger charge is 2.10. The van der Waals surface area contributed by atoms with Crippen LogP contribution >= 0.6 is 24.0 Å². The maximum absolute atomic E-state index is 12.9. The number of hydrogen-bond donors (Lipinski definition) is 2. The quantitative estimate of drug-likeness (QED) is 0.316. The zero-order valence-electron chi connectivity index (χ0n) is 12.4. The molecule has 1 unspecified atom stereocenters. The summed E-state index contributed by atoms with van der Waals surface area (Å²) in [5.41, 5.74) is 0.900. The van der Waals surface area contributed by atoms with Crippen LogP contribution < -0.4 is 10.6 Å². The molecule has 1 aromatic rings. The lowest BCUT2D eigenvalue weighted by Gasteiger charge is -2.15. The maximum Gasteiger partial charge on any atom is 0.191 e. The third-order valence-electron chi connectivity index (χ3n) is 2.70. The lowest BCUT2D eigenvalue weighted by Crippen LogP contribution is -2.37. The molecule has 0 aliphatic rings. The molecule has 0 fully saturated rings. The van der Waals surface area contributed by atoms with Crippen LogP contribution in [0.4, 0.5) is 4.39 Å². The van der Waals surface area contributed by atoms with Crippen molar-refractivity contribution in [3.8, 4) is 0 Å². The minimum atomic E-state index is -0.256. The molecule has 2 N–H and O–H groups in total. The van der Waals surface area contributed by atoms with Crippen LogP contribution in [-0.4, -0.2) is 32.7 Å². The van der Waals surface area contributed by atoms with E-state index in [0.29, 0.717) is 19.0 Å². The molecule has 0 heterocycles. The number of benzene rings is 1. The predicted octanol–water partition coefficient (Wildman–Crippen LogP) is 2.87. The van der Waals surface area contributed by atoms with Crippen molar-refractivity contribution in [2.45, 2.75) is 13.0 Å². The summed E-state index contributed by atoms with van der Waals surface area (Å²) in [4.78, 5) is 4.45. The zero-order valence-corrected chi connectivity index (χ0v) is 14.8. The van der Waals surface area contributed by atoms with E-state index in [-0.39, 0.29) is 35.9 Å². The molecule has 0 aliphatic carbocycles. The summed E-state index contributed by atoms with van der Waals surface area (Å²) in [6.45, 7) is 7.52. The summed E-state index contributed by atoms with van der Waals surface area (Å²) >= 11 is 0. The standard InChI is InChI=1S/C15H22FN3O.HI/c1-4-10-18-15(17-5-2)19-11-14(20-3)12-6-8-13(16)9-7-12;/h4,6-9,14H,1,5,10-11H2,2-3H3,(H2,17,18,19);1H. The second kappa shape index (κ2) is 11.5. The molecule has 118 valence electrons. The zero-order chi connectivity index (χ0) is 14.8. The summed E-state index contributed by atoms with van der Waals surface area (Å²) in [5, 5.41) is 6.25. The van der Waals surface area contributed by atoms with Gasteiger partial charge in [0.05, 0.1) is 6.54 Å². The summed E-state index contributed by atoms with van der Waals surface area (Å²) in [6, 6.07) is 6.27. The van der Waals surface area contributed by atoms with E-state index in [9.17, 15) is 4.39 Å². The van der Waals surface area contributed by atoms with E-state index in [1.54, 1.807) is 25.3 Å². The molecule has 21 heavy (non-hydrogen) atoms. The normalized spacial score (nSPS) is 12.2. The fourth-order valence-electron chi connectivity index (χ4n) is 1.68. The van der Waals surface area contributed by atoms with E-state index in [1.165, 1.54) is 12.1 Å². The molecule has 0 aromatic heterocycles. The third kappa shape index (κ3) is 7.42. The van der Waals surface area contributed by atoms with Gasteiger partial charge in [-0.05, 0) is 24.6 Å². The van der Waals surface area contributed by atoms with Gasteiger partial charge in [-0.2, -0.15) is 0 Å². The summed E-state index contributed by atoms with van der Waals surface area (Å²) in [5.74, 6) is 0.449. The van der Waals surface area contributed by atoms with Crippen molar-refractivity contribution in [2.75, 3.05) is 26.7 Å². The lowest BCUT2D eigenvalue weighted by atomic mass is 10.1. The Bertz CT molecular complexity index is 437. The number of rotatable bonds is 7. The van der Waals surface area contributed by atoms with Crippen LogP contribution in [0, 0.1) is 5.82 Å². The van der Waals surface area contributed by atoms with Crippen molar-refractivity contribution in [1.82, 2.24) is 10.6 Å². The van der Waals surface area contributed by atoms with E-state index in [0.717, 1.165) is 12.1 Å². The number of nitrogens with one attached hydrogen (secondary N) is 2. The molecule has 1 atom stereocenters. The van der Waals surface area contributed by atoms with Crippen LogP contribution in [0.25, 0.3) is 0 Å². The molecule has 0 spiro atoms. The first-order chi connectivity index (χ1) is 9.71. The van der Waals surface area contributed by atoms with Gasteiger partial charge < -0.3 is 15.4 Å². The van der Waals surface area contributed by atoms with Gasteiger partial charge in [-0.1, -0.05) is 18.2 Å². The van der Waals surface area contributed by atoms with Crippen LogP contribution in [-0.2, 0) is 4.74 Å². The molecule has 0 bridgehead atoms. The largest absolute Gasteiger partial charge is 0.375 e. The monoisotopic (exact) mass is 407 g/mol. The van der Waals surface area contributed by atoms with E-state index in [1.807, 2.05) is 6.92 Å². The summed E-state index contributed by atoms with van der Waals surface area (Å²) < 4.78 is 18.3. The van der Waals surface area contributed by atoms with E-state index in [4.69, 9.17) is 4.74 Å².